The lowest BCUT2D eigenvalue weighted by molar-refractivity contribution is -0.148. The van der Waals surface area contributed by atoms with Crippen LogP contribution in [0.2, 0.25) is 0 Å². The molecule has 8 heteroatoms. The maximum atomic E-state index is 11.1. The van der Waals surface area contributed by atoms with Gasteiger partial charge in [-0.15, -0.1) is 0 Å². The molecule has 118 valence electrons. The Labute approximate surface area is 126 Å². The van der Waals surface area contributed by atoms with Crippen molar-refractivity contribution in [1.29, 1.82) is 0 Å². The van der Waals surface area contributed by atoms with Gasteiger partial charge in [0.15, 0.2) is 5.54 Å². The summed E-state index contributed by atoms with van der Waals surface area (Å²) >= 11 is 0. The highest BCUT2D eigenvalue weighted by molar-refractivity contribution is 5.82. The Morgan fingerprint density at radius 1 is 0.864 bits per heavy atom. The summed E-state index contributed by atoms with van der Waals surface area (Å²) in [6, 6.07) is 0. The number of esters is 3. The molecule has 0 saturated heterocycles. The summed E-state index contributed by atoms with van der Waals surface area (Å²) in [5.74, 6) is -2.39. The first kappa shape index (κ1) is 19.0. The number of nitrogens with zero attached hydrogens (tertiary/aromatic N) is 1. The number of aliphatic imine (C=N–C) groups is 1. The lowest BCUT2D eigenvalue weighted by atomic mass is 10.0. The lowest BCUT2D eigenvalue weighted by Crippen LogP contribution is -2.44. The Kier molecular flexibility index (Phi) is 8.50. The van der Waals surface area contributed by atoms with Gasteiger partial charge in [-0.1, -0.05) is 19.7 Å². The van der Waals surface area contributed by atoms with Crippen LogP contribution in [-0.2, 0) is 33.4 Å². The molecule has 0 rings (SSSR count). The van der Waals surface area contributed by atoms with Gasteiger partial charge in [-0.3, -0.25) is 0 Å². The second-order valence-corrected chi connectivity index (χ2v) is 3.86. The molecule has 0 unspecified atom stereocenters. The SMILES string of the molecule is C=CC(=O)OCC(COC(=O)C=C)(COC(=O)C=C)N=C=O. The van der Waals surface area contributed by atoms with E-state index in [1.165, 1.54) is 6.08 Å². The third kappa shape index (κ3) is 6.97. The number of isocyanates is 1. The van der Waals surface area contributed by atoms with Crippen molar-refractivity contribution in [2.45, 2.75) is 5.54 Å². The molecule has 22 heavy (non-hydrogen) atoms. The van der Waals surface area contributed by atoms with E-state index in [0.717, 1.165) is 18.2 Å². The number of carbonyl (C=O) groups excluding carboxylic acids is 4. The van der Waals surface area contributed by atoms with Gasteiger partial charge in [0, 0.05) is 18.2 Å². The van der Waals surface area contributed by atoms with Crippen LogP contribution in [0.3, 0.4) is 0 Å². The van der Waals surface area contributed by atoms with Crippen molar-refractivity contribution in [2.75, 3.05) is 19.8 Å². The van der Waals surface area contributed by atoms with Gasteiger partial charge in [0.2, 0.25) is 6.08 Å². The van der Waals surface area contributed by atoms with E-state index in [4.69, 9.17) is 14.2 Å². The minimum Gasteiger partial charge on any atom is -0.460 e. The fourth-order valence-corrected chi connectivity index (χ4v) is 1.11. The average molecular weight is 309 g/mol. The molecule has 0 N–H and O–H groups in total. The zero-order chi connectivity index (χ0) is 17.0. The molecular formula is C14H15NO7. The van der Waals surface area contributed by atoms with Crippen LogP contribution in [0.5, 0.6) is 0 Å². The maximum Gasteiger partial charge on any atom is 0.330 e. The Hall–Kier alpha value is -2.99. The van der Waals surface area contributed by atoms with Crippen molar-refractivity contribution in [2.24, 2.45) is 4.99 Å². The van der Waals surface area contributed by atoms with Gasteiger partial charge in [0.25, 0.3) is 0 Å². The van der Waals surface area contributed by atoms with Crippen molar-refractivity contribution in [3.8, 4) is 0 Å². The van der Waals surface area contributed by atoms with E-state index < -0.39 is 43.3 Å². The van der Waals surface area contributed by atoms with Crippen LogP contribution < -0.4 is 0 Å². The minimum atomic E-state index is -1.63. The van der Waals surface area contributed by atoms with E-state index in [9.17, 15) is 19.2 Å². The summed E-state index contributed by atoms with van der Waals surface area (Å²) in [5, 5.41) is 0. The molecule has 0 heterocycles. The van der Waals surface area contributed by atoms with Crippen molar-refractivity contribution in [3.63, 3.8) is 0 Å². The van der Waals surface area contributed by atoms with E-state index in [-0.39, 0.29) is 0 Å². The lowest BCUT2D eigenvalue weighted by Gasteiger charge is -2.26. The van der Waals surface area contributed by atoms with Crippen LogP contribution in [0.15, 0.2) is 43.0 Å². The van der Waals surface area contributed by atoms with Crippen LogP contribution in [0, 0.1) is 0 Å². The summed E-state index contributed by atoms with van der Waals surface area (Å²) in [5.41, 5.74) is -1.63. The quantitative estimate of drug-likeness (QED) is 0.187. The first-order chi connectivity index (χ1) is 10.4. The molecule has 0 bridgehead atoms. The fourth-order valence-electron chi connectivity index (χ4n) is 1.11. The van der Waals surface area contributed by atoms with E-state index in [1.807, 2.05) is 0 Å². The van der Waals surface area contributed by atoms with Gasteiger partial charge < -0.3 is 14.2 Å². The van der Waals surface area contributed by atoms with Crippen LogP contribution in [0.25, 0.3) is 0 Å². The Morgan fingerprint density at radius 3 is 1.41 bits per heavy atom. The Morgan fingerprint density at radius 2 is 1.18 bits per heavy atom. The molecule has 0 aromatic rings. The standard InChI is InChI=1S/C14H15NO7/c1-4-11(17)20-7-14(15-10-16,8-21-12(18)5-2)9-22-13(19)6-3/h4-6H,1-3,7-9H2. The second-order valence-electron chi connectivity index (χ2n) is 3.86. The first-order valence-corrected chi connectivity index (χ1v) is 5.89. The number of hydrogen-bond donors (Lipinski definition) is 0. The van der Waals surface area contributed by atoms with Crippen molar-refractivity contribution >= 4 is 24.0 Å². The first-order valence-electron chi connectivity index (χ1n) is 5.89. The number of hydrogen-bond acceptors (Lipinski definition) is 8. The normalized spacial score (nSPS) is 9.64. The van der Waals surface area contributed by atoms with E-state index in [0.29, 0.717) is 0 Å². The second kappa shape index (κ2) is 9.84. The van der Waals surface area contributed by atoms with E-state index in [1.54, 1.807) is 0 Å². The molecular weight excluding hydrogens is 294 g/mol. The van der Waals surface area contributed by atoms with Gasteiger partial charge in [-0.2, -0.15) is 4.99 Å². The molecule has 0 amide bonds. The predicted octanol–water partition coefficient (Wildman–Crippen LogP) is 0.249. The van der Waals surface area contributed by atoms with Gasteiger partial charge >= 0.3 is 17.9 Å². The summed E-state index contributed by atoms with van der Waals surface area (Å²) in [6.45, 7) is 8.11. The number of carbonyl (C=O) groups is 3. The largest absolute Gasteiger partial charge is 0.460 e. The molecule has 8 nitrogen and oxygen atoms in total. The highest BCUT2D eigenvalue weighted by atomic mass is 16.6. The molecule has 0 aliphatic carbocycles. The van der Waals surface area contributed by atoms with Crippen LogP contribution in [0.1, 0.15) is 0 Å². The maximum absolute atomic E-state index is 11.1. The van der Waals surface area contributed by atoms with Crippen molar-refractivity contribution in [3.05, 3.63) is 38.0 Å². The molecule has 0 atom stereocenters. The van der Waals surface area contributed by atoms with E-state index >= 15 is 0 Å². The third-order valence-electron chi connectivity index (χ3n) is 2.23. The summed E-state index contributed by atoms with van der Waals surface area (Å²) in [6.07, 6.45) is 3.93. The van der Waals surface area contributed by atoms with Crippen LogP contribution >= 0.6 is 0 Å². The predicted molar refractivity (Wildman–Crippen MR) is 74.3 cm³/mol. The smallest absolute Gasteiger partial charge is 0.330 e. The molecule has 0 aliphatic rings. The fraction of sp³-hybridized carbons (Fsp3) is 0.286. The van der Waals surface area contributed by atoms with E-state index in [2.05, 4.69) is 24.7 Å². The van der Waals surface area contributed by atoms with Crippen LogP contribution in [0.4, 0.5) is 0 Å². The highest BCUT2D eigenvalue weighted by Crippen LogP contribution is 2.14. The summed E-state index contributed by atoms with van der Waals surface area (Å²) in [7, 11) is 0. The van der Waals surface area contributed by atoms with Gasteiger partial charge in [-0.05, 0) is 0 Å². The topological polar surface area (TPSA) is 108 Å². The van der Waals surface area contributed by atoms with Crippen molar-refractivity contribution < 1.29 is 33.4 Å². The summed E-state index contributed by atoms with van der Waals surface area (Å²) in [4.78, 5) is 47.4. The Bertz CT molecular complexity index is 457. The zero-order valence-electron chi connectivity index (χ0n) is 11.8. The summed E-state index contributed by atoms with van der Waals surface area (Å²) < 4.78 is 14.3. The molecule has 0 aromatic carbocycles. The zero-order valence-corrected chi connectivity index (χ0v) is 11.8. The number of ether oxygens (including phenoxy) is 3. The number of rotatable bonds is 10. The molecule has 0 aromatic heterocycles. The van der Waals surface area contributed by atoms with Crippen molar-refractivity contribution in [1.82, 2.24) is 0 Å². The third-order valence-corrected chi connectivity index (χ3v) is 2.23. The van der Waals surface area contributed by atoms with Gasteiger partial charge in [0.05, 0.1) is 0 Å². The molecule has 0 aliphatic heterocycles. The molecule has 0 spiro atoms. The van der Waals surface area contributed by atoms with Gasteiger partial charge in [0.1, 0.15) is 19.8 Å². The molecule has 0 radical (unpaired) electrons. The average Bonchev–Trinajstić information content (AvgIpc) is 2.54. The van der Waals surface area contributed by atoms with Gasteiger partial charge in [-0.25, -0.2) is 19.2 Å². The van der Waals surface area contributed by atoms with Crippen LogP contribution in [-0.4, -0.2) is 49.3 Å². The molecule has 0 saturated carbocycles. The monoisotopic (exact) mass is 309 g/mol. The highest BCUT2D eigenvalue weighted by Gasteiger charge is 2.35. The molecule has 0 fully saturated rings. The minimum absolute atomic E-state index is 0.498. The Balaban J connectivity index is 5.17.